The highest BCUT2D eigenvalue weighted by atomic mass is 127. The molecule has 0 bridgehead atoms. The van der Waals surface area contributed by atoms with Gasteiger partial charge in [0.2, 0.25) is 0 Å². The van der Waals surface area contributed by atoms with E-state index in [2.05, 4.69) is 52.2 Å². The number of hydrogen-bond acceptors (Lipinski definition) is 5. The molecule has 7 nitrogen and oxygen atoms in total. The number of phenolic OH excluding ortho intramolecular Hbond substituents is 1. The van der Waals surface area contributed by atoms with Crippen molar-refractivity contribution in [1.29, 1.82) is 0 Å². The Kier molecular flexibility index (Phi) is 7.86. The summed E-state index contributed by atoms with van der Waals surface area (Å²) in [5.41, 5.74) is 2.47. The zero-order valence-corrected chi connectivity index (χ0v) is 16.5. The zero-order chi connectivity index (χ0) is 19.8. The van der Waals surface area contributed by atoms with Gasteiger partial charge in [0.1, 0.15) is 17.6 Å². The van der Waals surface area contributed by atoms with Crippen molar-refractivity contribution in [3.8, 4) is 11.5 Å². The first kappa shape index (κ1) is 21.0. The number of carboxylic acid groups (broad SMARTS) is 2. The van der Waals surface area contributed by atoms with E-state index in [9.17, 15) is 5.11 Å². The molecule has 1 heterocycles. The highest BCUT2D eigenvalue weighted by molar-refractivity contribution is 14.1. The molecule has 0 saturated carbocycles. The van der Waals surface area contributed by atoms with Gasteiger partial charge in [-0.15, -0.1) is 0 Å². The number of carboxylic acids is 2. The van der Waals surface area contributed by atoms with Crippen molar-refractivity contribution in [3.05, 3.63) is 57.2 Å². The average molecular weight is 485 g/mol. The predicted octanol–water partition coefficient (Wildman–Crippen LogP) is 2.64. The fraction of sp³-hybridized carbons (Fsp3) is 0.263. The fourth-order valence-corrected chi connectivity index (χ4v) is 3.19. The fourth-order valence-electron chi connectivity index (χ4n) is 2.58. The number of aliphatic carboxylic acids is 2. The number of benzene rings is 2. The largest absolute Gasteiger partial charge is 0.508 e. The lowest BCUT2D eigenvalue weighted by atomic mass is 10.0. The van der Waals surface area contributed by atoms with Crippen molar-refractivity contribution < 1.29 is 29.6 Å². The van der Waals surface area contributed by atoms with E-state index in [1.165, 1.54) is 14.7 Å². The molecule has 2 aromatic carbocycles. The summed E-state index contributed by atoms with van der Waals surface area (Å²) in [6.45, 7) is 1.67. The van der Waals surface area contributed by atoms with Gasteiger partial charge in [-0.1, -0.05) is 18.2 Å². The lowest BCUT2D eigenvalue weighted by Gasteiger charge is -2.26. The first-order valence-electron chi connectivity index (χ1n) is 8.25. The smallest absolute Gasteiger partial charge is 0.414 e. The normalized spacial score (nSPS) is 14.9. The number of carbonyl (C=O) groups is 2. The number of hydrogen-bond donors (Lipinski definition) is 4. The highest BCUT2D eigenvalue weighted by Crippen LogP contribution is 2.30. The number of halogens is 1. The Bertz CT molecular complexity index is 799. The Labute approximate surface area is 170 Å². The standard InChI is InChI=1S/C17H18INO2.C2H2O4/c18-14-3-1-2-12(8-14)10-19-11-16-7-5-13-4-6-15(20)9-17(13)21-16;3-1(4)2(5)6/h1-4,6,8-9,16,19-20H,5,7,10-11H2;(H,3,4)(H,5,6)/t16-;/m1./s1. The molecule has 0 radical (unpaired) electrons. The number of ether oxygens (including phenoxy) is 1. The Balaban J connectivity index is 0.000000380. The first-order chi connectivity index (χ1) is 12.8. The maximum atomic E-state index is 9.53. The summed E-state index contributed by atoms with van der Waals surface area (Å²) in [6, 6.07) is 13.9. The third-order valence-corrected chi connectivity index (χ3v) is 4.52. The van der Waals surface area contributed by atoms with Crippen LogP contribution in [0, 0.1) is 3.57 Å². The Morgan fingerprint density at radius 1 is 1.15 bits per heavy atom. The summed E-state index contributed by atoms with van der Waals surface area (Å²) in [5, 5.41) is 27.8. The summed E-state index contributed by atoms with van der Waals surface area (Å²) in [5.74, 6) is -2.56. The van der Waals surface area contributed by atoms with Crippen LogP contribution >= 0.6 is 22.6 Å². The van der Waals surface area contributed by atoms with Crippen molar-refractivity contribution in [2.75, 3.05) is 6.54 Å². The van der Waals surface area contributed by atoms with Gasteiger partial charge in [0.25, 0.3) is 0 Å². The maximum Gasteiger partial charge on any atom is 0.414 e. The Morgan fingerprint density at radius 2 is 1.89 bits per heavy atom. The number of nitrogens with one attached hydrogen (secondary N) is 1. The van der Waals surface area contributed by atoms with Crippen LogP contribution in [0.4, 0.5) is 0 Å². The minimum Gasteiger partial charge on any atom is -0.508 e. The second-order valence-electron chi connectivity index (χ2n) is 5.94. The number of aromatic hydroxyl groups is 1. The van der Waals surface area contributed by atoms with Crippen LogP contribution in [-0.2, 0) is 22.6 Å². The Hall–Kier alpha value is -2.33. The van der Waals surface area contributed by atoms with E-state index < -0.39 is 11.9 Å². The third kappa shape index (κ3) is 7.06. The molecule has 1 atom stereocenters. The predicted molar refractivity (Wildman–Crippen MR) is 107 cm³/mol. The lowest BCUT2D eigenvalue weighted by Crippen LogP contribution is -2.33. The maximum absolute atomic E-state index is 9.53. The molecule has 0 fully saturated rings. The van der Waals surface area contributed by atoms with Crippen LogP contribution in [0.3, 0.4) is 0 Å². The van der Waals surface area contributed by atoms with Crippen LogP contribution in [0.15, 0.2) is 42.5 Å². The summed E-state index contributed by atoms with van der Waals surface area (Å²) in [7, 11) is 0. The molecule has 0 unspecified atom stereocenters. The van der Waals surface area contributed by atoms with E-state index in [0.29, 0.717) is 0 Å². The Morgan fingerprint density at radius 3 is 2.56 bits per heavy atom. The quantitative estimate of drug-likeness (QED) is 0.389. The van der Waals surface area contributed by atoms with Crippen molar-refractivity contribution in [3.63, 3.8) is 0 Å². The van der Waals surface area contributed by atoms with E-state index in [0.717, 1.165) is 31.7 Å². The molecule has 0 aromatic heterocycles. The van der Waals surface area contributed by atoms with E-state index in [-0.39, 0.29) is 11.9 Å². The molecule has 0 aliphatic carbocycles. The van der Waals surface area contributed by atoms with Crippen molar-refractivity contribution in [1.82, 2.24) is 5.32 Å². The molecular formula is C19H20INO6. The molecule has 0 amide bonds. The van der Waals surface area contributed by atoms with Gasteiger partial charge < -0.3 is 25.4 Å². The van der Waals surface area contributed by atoms with Crippen LogP contribution in [0.2, 0.25) is 0 Å². The minimum absolute atomic E-state index is 0.169. The zero-order valence-electron chi connectivity index (χ0n) is 14.4. The molecule has 8 heteroatoms. The number of phenols is 1. The third-order valence-electron chi connectivity index (χ3n) is 3.85. The van der Waals surface area contributed by atoms with Crippen molar-refractivity contribution >= 4 is 34.5 Å². The summed E-state index contributed by atoms with van der Waals surface area (Å²) in [6.07, 6.45) is 2.18. The molecule has 1 aliphatic heterocycles. The molecule has 27 heavy (non-hydrogen) atoms. The summed E-state index contributed by atoms with van der Waals surface area (Å²) < 4.78 is 7.21. The molecule has 0 saturated heterocycles. The van der Waals surface area contributed by atoms with Gasteiger partial charge in [-0.05, 0) is 64.8 Å². The molecule has 3 rings (SSSR count). The van der Waals surface area contributed by atoms with Gasteiger partial charge >= 0.3 is 11.9 Å². The van der Waals surface area contributed by atoms with Crippen LogP contribution in [0.5, 0.6) is 11.5 Å². The van der Waals surface area contributed by atoms with Crippen LogP contribution in [0.1, 0.15) is 17.5 Å². The highest BCUT2D eigenvalue weighted by Gasteiger charge is 2.19. The second-order valence-corrected chi connectivity index (χ2v) is 7.19. The van der Waals surface area contributed by atoms with Crippen LogP contribution < -0.4 is 10.1 Å². The summed E-state index contributed by atoms with van der Waals surface area (Å²) >= 11 is 2.33. The van der Waals surface area contributed by atoms with Gasteiger partial charge in [-0.2, -0.15) is 0 Å². The molecule has 144 valence electrons. The van der Waals surface area contributed by atoms with Gasteiger partial charge in [0.15, 0.2) is 0 Å². The summed E-state index contributed by atoms with van der Waals surface area (Å²) in [4.78, 5) is 18.2. The van der Waals surface area contributed by atoms with E-state index >= 15 is 0 Å². The monoisotopic (exact) mass is 485 g/mol. The first-order valence-corrected chi connectivity index (χ1v) is 9.33. The number of rotatable bonds is 4. The van der Waals surface area contributed by atoms with Gasteiger partial charge in [0.05, 0.1) is 0 Å². The second kappa shape index (κ2) is 10.1. The van der Waals surface area contributed by atoms with Crippen LogP contribution in [-0.4, -0.2) is 39.9 Å². The molecule has 1 aliphatic rings. The van der Waals surface area contributed by atoms with Crippen molar-refractivity contribution in [2.45, 2.75) is 25.5 Å². The SMILES string of the molecule is O=C(O)C(=O)O.Oc1ccc2c(c1)O[C@@H](CNCc1cccc(I)c1)CC2. The van der Waals surface area contributed by atoms with E-state index in [4.69, 9.17) is 24.5 Å². The van der Waals surface area contributed by atoms with Gasteiger partial charge in [-0.3, -0.25) is 0 Å². The number of aryl methyl sites for hydroxylation is 1. The lowest BCUT2D eigenvalue weighted by molar-refractivity contribution is -0.159. The minimum atomic E-state index is -1.82. The topological polar surface area (TPSA) is 116 Å². The van der Waals surface area contributed by atoms with Crippen LogP contribution in [0.25, 0.3) is 0 Å². The molecule has 2 aromatic rings. The van der Waals surface area contributed by atoms with E-state index in [1.54, 1.807) is 12.1 Å². The van der Waals surface area contributed by atoms with Gasteiger partial charge in [0, 0.05) is 22.7 Å². The van der Waals surface area contributed by atoms with E-state index in [1.807, 2.05) is 6.07 Å². The van der Waals surface area contributed by atoms with Crippen molar-refractivity contribution in [2.24, 2.45) is 0 Å². The molecule has 4 N–H and O–H groups in total. The average Bonchev–Trinajstić information content (AvgIpc) is 2.62. The van der Waals surface area contributed by atoms with Gasteiger partial charge in [-0.25, -0.2) is 9.59 Å². The molecule has 0 spiro atoms. The molecular weight excluding hydrogens is 465 g/mol. The number of fused-ring (bicyclic) bond motifs is 1.